The van der Waals surface area contributed by atoms with Crippen molar-refractivity contribution in [2.45, 2.75) is 45.6 Å². The zero-order valence-electron chi connectivity index (χ0n) is 18.0. The minimum atomic E-state index is 0.141. The summed E-state index contributed by atoms with van der Waals surface area (Å²) in [5.41, 5.74) is 5.48. The number of methoxy groups -OCH3 is 1. The van der Waals surface area contributed by atoms with Gasteiger partial charge in [-0.2, -0.15) is 5.10 Å². The van der Waals surface area contributed by atoms with Crippen LogP contribution in [-0.4, -0.2) is 34.2 Å². The summed E-state index contributed by atoms with van der Waals surface area (Å²) >= 11 is 0. The Morgan fingerprint density at radius 3 is 2.70 bits per heavy atom. The van der Waals surface area contributed by atoms with Gasteiger partial charge in [-0.05, 0) is 68.5 Å². The van der Waals surface area contributed by atoms with E-state index < -0.39 is 0 Å². The summed E-state index contributed by atoms with van der Waals surface area (Å²) in [4.78, 5) is 15.2. The first-order chi connectivity index (χ1) is 14.6. The van der Waals surface area contributed by atoms with Crippen molar-refractivity contribution in [2.75, 3.05) is 13.7 Å². The Bertz CT molecular complexity index is 1030. The minimum Gasteiger partial charge on any atom is -0.497 e. The van der Waals surface area contributed by atoms with Gasteiger partial charge in [-0.1, -0.05) is 30.3 Å². The maximum atomic E-state index is 13.1. The molecule has 0 saturated carbocycles. The summed E-state index contributed by atoms with van der Waals surface area (Å²) in [6.07, 6.45) is 3.26. The molecule has 0 unspecified atom stereocenters. The van der Waals surface area contributed by atoms with Crippen molar-refractivity contribution in [3.63, 3.8) is 0 Å². The van der Waals surface area contributed by atoms with Gasteiger partial charge in [0.1, 0.15) is 5.75 Å². The van der Waals surface area contributed by atoms with Crippen LogP contribution in [0.25, 0.3) is 5.69 Å². The van der Waals surface area contributed by atoms with E-state index in [0.29, 0.717) is 12.8 Å². The van der Waals surface area contributed by atoms with Crippen LogP contribution in [0.3, 0.4) is 0 Å². The lowest BCUT2D eigenvalue weighted by atomic mass is 10.0. The molecule has 2 aromatic carbocycles. The quantitative estimate of drug-likeness (QED) is 0.594. The number of carbonyl (C=O) groups is 1. The molecule has 30 heavy (non-hydrogen) atoms. The Morgan fingerprint density at radius 2 is 1.93 bits per heavy atom. The van der Waals surface area contributed by atoms with Crippen LogP contribution in [0.1, 0.15) is 47.8 Å². The van der Waals surface area contributed by atoms with E-state index in [2.05, 4.69) is 31.2 Å². The van der Waals surface area contributed by atoms with E-state index in [1.807, 2.05) is 46.8 Å². The van der Waals surface area contributed by atoms with E-state index in [9.17, 15) is 4.79 Å². The molecule has 0 aliphatic carbocycles. The number of hydrogen-bond donors (Lipinski definition) is 0. The fraction of sp³-hybridized carbons (Fsp3) is 0.360. The summed E-state index contributed by atoms with van der Waals surface area (Å²) in [6.45, 7) is 4.94. The van der Waals surface area contributed by atoms with Crippen LogP contribution in [-0.2, 0) is 11.2 Å². The summed E-state index contributed by atoms with van der Waals surface area (Å²) in [5.74, 6) is 1.05. The van der Waals surface area contributed by atoms with Gasteiger partial charge in [-0.3, -0.25) is 4.79 Å². The molecule has 1 aliphatic rings. The Kier molecular flexibility index (Phi) is 5.88. The maximum Gasteiger partial charge on any atom is 0.223 e. The van der Waals surface area contributed by atoms with Gasteiger partial charge in [-0.15, -0.1) is 0 Å². The number of likely N-dealkylation sites (tertiary alicyclic amines) is 1. The van der Waals surface area contributed by atoms with Crippen LogP contribution in [0, 0.1) is 13.8 Å². The lowest BCUT2D eigenvalue weighted by Crippen LogP contribution is -2.30. The van der Waals surface area contributed by atoms with Crippen LogP contribution in [0.15, 0.2) is 54.6 Å². The third kappa shape index (κ3) is 3.97. The number of amides is 1. The summed E-state index contributed by atoms with van der Waals surface area (Å²) < 4.78 is 7.34. The molecule has 3 aromatic rings. The first kappa shape index (κ1) is 20.2. The Morgan fingerprint density at radius 1 is 1.13 bits per heavy atom. The topological polar surface area (TPSA) is 47.4 Å². The molecule has 0 N–H and O–H groups in total. The van der Waals surface area contributed by atoms with Crippen molar-refractivity contribution < 1.29 is 9.53 Å². The Balaban J connectivity index is 1.47. The molecule has 0 spiro atoms. The van der Waals surface area contributed by atoms with E-state index in [-0.39, 0.29) is 11.9 Å². The van der Waals surface area contributed by atoms with E-state index >= 15 is 0 Å². The zero-order valence-corrected chi connectivity index (χ0v) is 18.0. The molecule has 1 amide bonds. The third-order valence-corrected chi connectivity index (χ3v) is 6.08. The van der Waals surface area contributed by atoms with E-state index in [1.165, 1.54) is 5.56 Å². The summed E-state index contributed by atoms with van der Waals surface area (Å²) in [7, 11) is 1.68. The Labute approximate surface area is 178 Å². The van der Waals surface area contributed by atoms with E-state index in [0.717, 1.165) is 47.8 Å². The fourth-order valence-corrected chi connectivity index (χ4v) is 4.49. The molecule has 1 aromatic heterocycles. The maximum absolute atomic E-state index is 13.1. The Hall–Kier alpha value is -3.08. The van der Waals surface area contributed by atoms with Gasteiger partial charge < -0.3 is 9.64 Å². The number of nitrogens with zero attached hydrogens (tertiary/aromatic N) is 3. The van der Waals surface area contributed by atoms with Crippen LogP contribution in [0.4, 0.5) is 0 Å². The van der Waals surface area contributed by atoms with E-state index in [1.54, 1.807) is 7.11 Å². The number of hydrogen-bond acceptors (Lipinski definition) is 3. The molecule has 2 heterocycles. The summed E-state index contributed by atoms with van der Waals surface area (Å²) in [6, 6.07) is 18.4. The average molecular weight is 404 g/mol. The van der Waals surface area contributed by atoms with E-state index in [4.69, 9.17) is 9.84 Å². The summed E-state index contributed by atoms with van der Waals surface area (Å²) in [5, 5.41) is 4.72. The van der Waals surface area contributed by atoms with Crippen molar-refractivity contribution >= 4 is 5.91 Å². The third-order valence-electron chi connectivity index (χ3n) is 6.08. The monoisotopic (exact) mass is 403 g/mol. The SMILES string of the molecule is COc1cccc([C@@H]2CCCN2C(=O)CCc2c(C)nn(-c3ccccc3)c2C)c1. The number of rotatable bonds is 6. The van der Waals surface area contributed by atoms with Gasteiger partial charge in [-0.25, -0.2) is 4.68 Å². The fourth-order valence-electron chi connectivity index (χ4n) is 4.49. The van der Waals surface area contributed by atoms with Gasteiger partial charge in [0.05, 0.1) is 24.5 Å². The second-order valence-electron chi connectivity index (χ2n) is 7.92. The molecule has 156 valence electrons. The number of aryl methyl sites for hydroxylation is 1. The molecule has 0 bridgehead atoms. The highest BCUT2D eigenvalue weighted by molar-refractivity contribution is 5.77. The molecule has 1 aliphatic heterocycles. The first-order valence-corrected chi connectivity index (χ1v) is 10.6. The number of ether oxygens (including phenoxy) is 1. The second kappa shape index (κ2) is 8.74. The smallest absolute Gasteiger partial charge is 0.223 e. The molecule has 1 saturated heterocycles. The predicted molar refractivity (Wildman–Crippen MR) is 118 cm³/mol. The molecular formula is C25H29N3O2. The van der Waals surface area contributed by atoms with Crippen LogP contribution < -0.4 is 4.74 Å². The first-order valence-electron chi connectivity index (χ1n) is 10.6. The highest BCUT2D eigenvalue weighted by atomic mass is 16.5. The van der Waals surface area contributed by atoms with Crippen LogP contribution >= 0.6 is 0 Å². The van der Waals surface area contributed by atoms with Crippen molar-refractivity contribution in [1.82, 2.24) is 14.7 Å². The van der Waals surface area contributed by atoms with Gasteiger partial charge in [0.15, 0.2) is 0 Å². The average Bonchev–Trinajstić information content (AvgIpc) is 3.38. The highest BCUT2D eigenvalue weighted by Crippen LogP contribution is 2.34. The van der Waals surface area contributed by atoms with Crippen molar-refractivity contribution in [3.8, 4) is 11.4 Å². The number of carbonyl (C=O) groups excluding carboxylic acids is 1. The lowest BCUT2D eigenvalue weighted by molar-refractivity contribution is -0.132. The van der Waals surface area contributed by atoms with Crippen LogP contribution in [0.5, 0.6) is 5.75 Å². The standard InChI is InChI=1S/C25H29N3O2/c1-18-23(19(2)28(26-18)21-10-5-4-6-11-21)14-15-25(29)27-16-8-13-24(27)20-9-7-12-22(17-20)30-3/h4-7,9-12,17,24H,8,13-16H2,1-3H3/t24-/m0/s1. The molecule has 1 fully saturated rings. The van der Waals surface area contributed by atoms with Crippen molar-refractivity contribution in [3.05, 3.63) is 77.1 Å². The predicted octanol–water partition coefficient (Wildman–Crippen LogP) is 4.79. The lowest BCUT2D eigenvalue weighted by Gasteiger charge is -2.25. The second-order valence-corrected chi connectivity index (χ2v) is 7.92. The molecular weight excluding hydrogens is 374 g/mol. The minimum absolute atomic E-state index is 0.141. The van der Waals surface area contributed by atoms with Crippen molar-refractivity contribution in [1.29, 1.82) is 0 Å². The number of benzene rings is 2. The number of aromatic nitrogens is 2. The van der Waals surface area contributed by atoms with Gasteiger partial charge in [0.25, 0.3) is 0 Å². The molecule has 0 radical (unpaired) electrons. The molecule has 5 nitrogen and oxygen atoms in total. The molecule has 1 atom stereocenters. The van der Waals surface area contributed by atoms with Crippen LogP contribution in [0.2, 0.25) is 0 Å². The molecule has 4 rings (SSSR count). The molecule has 5 heteroatoms. The van der Waals surface area contributed by atoms with Gasteiger partial charge in [0, 0.05) is 18.7 Å². The van der Waals surface area contributed by atoms with Gasteiger partial charge in [0.2, 0.25) is 5.91 Å². The largest absolute Gasteiger partial charge is 0.497 e. The zero-order chi connectivity index (χ0) is 21.1. The van der Waals surface area contributed by atoms with Gasteiger partial charge >= 0.3 is 0 Å². The number of para-hydroxylation sites is 1. The van der Waals surface area contributed by atoms with Crippen molar-refractivity contribution in [2.24, 2.45) is 0 Å². The normalized spacial score (nSPS) is 16.1. The highest BCUT2D eigenvalue weighted by Gasteiger charge is 2.30.